The van der Waals surface area contributed by atoms with E-state index in [2.05, 4.69) is 45.0 Å². The topological polar surface area (TPSA) is 15.3 Å². The molecule has 0 heterocycles. The molecule has 0 aromatic heterocycles. The Morgan fingerprint density at radius 3 is 2.23 bits per heavy atom. The number of hydrogen-bond acceptors (Lipinski definition) is 2. The lowest BCUT2D eigenvalue weighted by molar-refractivity contribution is 0.209. The summed E-state index contributed by atoms with van der Waals surface area (Å²) >= 11 is 0. The number of likely N-dealkylation sites (N-methyl/N-ethyl adjacent to an activating group) is 1. The van der Waals surface area contributed by atoms with E-state index in [1.165, 1.54) is 6.42 Å². The van der Waals surface area contributed by atoms with Gasteiger partial charge in [0.15, 0.2) is 0 Å². The van der Waals surface area contributed by atoms with Gasteiger partial charge in [0.1, 0.15) is 0 Å². The summed E-state index contributed by atoms with van der Waals surface area (Å²) in [6, 6.07) is 0.684. The van der Waals surface area contributed by atoms with E-state index in [4.69, 9.17) is 0 Å². The maximum Gasteiger partial charge on any atom is 0.0107 e. The molecule has 0 saturated carbocycles. The van der Waals surface area contributed by atoms with E-state index >= 15 is 0 Å². The molecule has 1 atom stereocenters. The van der Waals surface area contributed by atoms with E-state index in [0.29, 0.717) is 6.04 Å². The van der Waals surface area contributed by atoms with Crippen molar-refractivity contribution in [2.24, 2.45) is 5.92 Å². The average Bonchev–Trinajstić information content (AvgIpc) is 2.10. The predicted octanol–water partition coefficient (Wildman–Crippen LogP) is 1.96. The summed E-state index contributed by atoms with van der Waals surface area (Å²) < 4.78 is 0. The normalized spacial score (nSPS) is 14.1. The first-order chi connectivity index (χ1) is 6.09. The lowest BCUT2D eigenvalue weighted by atomic mass is 10.1. The summed E-state index contributed by atoms with van der Waals surface area (Å²) in [5, 5.41) is 3.42. The molecule has 0 amide bonds. The van der Waals surface area contributed by atoms with Gasteiger partial charge in [0.05, 0.1) is 0 Å². The van der Waals surface area contributed by atoms with E-state index in [9.17, 15) is 0 Å². The van der Waals surface area contributed by atoms with Crippen LogP contribution in [-0.2, 0) is 0 Å². The van der Waals surface area contributed by atoms with Gasteiger partial charge in [-0.15, -0.1) is 0 Å². The fraction of sp³-hybridized carbons (Fsp3) is 1.00. The molecule has 0 saturated heterocycles. The lowest BCUT2D eigenvalue weighted by Gasteiger charge is -2.27. The molecule has 0 aromatic carbocycles. The summed E-state index contributed by atoms with van der Waals surface area (Å²) in [5.74, 6) is 0.746. The Labute approximate surface area is 83.7 Å². The Bertz CT molecular complexity index is 113. The van der Waals surface area contributed by atoms with E-state index in [0.717, 1.165) is 25.6 Å². The molecular formula is C11H26N2. The minimum atomic E-state index is 0.684. The van der Waals surface area contributed by atoms with Crippen molar-refractivity contribution in [1.29, 1.82) is 0 Å². The number of nitrogens with zero attached hydrogens (tertiary/aromatic N) is 1. The maximum absolute atomic E-state index is 3.42. The van der Waals surface area contributed by atoms with E-state index in [1.54, 1.807) is 0 Å². The average molecular weight is 186 g/mol. The van der Waals surface area contributed by atoms with Gasteiger partial charge in [-0.1, -0.05) is 20.8 Å². The van der Waals surface area contributed by atoms with Crippen molar-refractivity contribution in [3.63, 3.8) is 0 Å². The quantitative estimate of drug-likeness (QED) is 0.612. The molecule has 1 N–H and O–H groups in total. The standard InChI is InChI=1S/C11H26N2/c1-6-7-12-8-9-13(5)11(4)10(2)3/h10-12H,6-9H2,1-5H3. The molecule has 0 aliphatic carbocycles. The Balaban J connectivity index is 3.44. The minimum Gasteiger partial charge on any atom is -0.315 e. The second-order valence-electron chi connectivity index (χ2n) is 4.22. The van der Waals surface area contributed by atoms with Gasteiger partial charge in [0.25, 0.3) is 0 Å². The first-order valence-electron chi connectivity index (χ1n) is 5.50. The molecule has 0 spiro atoms. The van der Waals surface area contributed by atoms with Crippen LogP contribution in [0.4, 0.5) is 0 Å². The second kappa shape index (κ2) is 7.34. The molecule has 0 aliphatic rings. The highest BCUT2D eigenvalue weighted by molar-refractivity contribution is 4.67. The summed E-state index contributed by atoms with van der Waals surface area (Å²) in [4.78, 5) is 2.42. The van der Waals surface area contributed by atoms with Gasteiger partial charge in [-0.25, -0.2) is 0 Å². The Kier molecular flexibility index (Phi) is 7.29. The third-order valence-electron chi connectivity index (χ3n) is 2.73. The third-order valence-corrected chi connectivity index (χ3v) is 2.73. The van der Waals surface area contributed by atoms with E-state index in [-0.39, 0.29) is 0 Å². The van der Waals surface area contributed by atoms with Crippen LogP contribution in [0, 0.1) is 5.92 Å². The molecule has 13 heavy (non-hydrogen) atoms. The lowest BCUT2D eigenvalue weighted by Crippen LogP contribution is -2.38. The Morgan fingerprint density at radius 1 is 1.15 bits per heavy atom. The van der Waals surface area contributed by atoms with Crippen molar-refractivity contribution in [3.05, 3.63) is 0 Å². The molecule has 0 bridgehead atoms. The van der Waals surface area contributed by atoms with Crippen molar-refractivity contribution >= 4 is 0 Å². The molecule has 80 valence electrons. The summed E-state index contributed by atoms with van der Waals surface area (Å²) in [5.41, 5.74) is 0. The predicted molar refractivity (Wildman–Crippen MR) is 60.1 cm³/mol. The second-order valence-corrected chi connectivity index (χ2v) is 4.22. The van der Waals surface area contributed by atoms with Crippen LogP contribution < -0.4 is 5.32 Å². The Morgan fingerprint density at radius 2 is 1.77 bits per heavy atom. The van der Waals surface area contributed by atoms with Crippen molar-refractivity contribution < 1.29 is 0 Å². The van der Waals surface area contributed by atoms with Crippen LogP contribution in [-0.4, -0.2) is 37.6 Å². The zero-order valence-electron chi connectivity index (χ0n) is 9.93. The van der Waals surface area contributed by atoms with Crippen molar-refractivity contribution in [1.82, 2.24) is 10.2 Å². The fourth-order valence-electron chi connectivity index (χ4n) is 1.27. The van der Waals surface area contributed by atoms with Crippen LogP contribution in [0.5, 0.6) is 0 Å². The van der Waals surface area contributed by atoms with Crippen LogP contribution in [0.1, 0.15) is 34.1 Å². The van der Waals surface area contributed by atoms with Gasteiger partial charge in [0, 0.05) is 19.1 Å². The molecule has 2 nitrogen and oxygen atoms in total. The highest BCUT2D eigenvalue weighted by Crippen LogP contribution is 2.06. The summed E-state index contributed by atoms with van der Waals surface area (Å²) in [6.07, 6.45) is 1.23. The fourth-order valence-corrected chi connectivity index (χ4v) is 1.27. The highest BCUT2D eigenvalue weighted by Gasteiger charge is 2.11. The van der Waals surface area contributed by atoms with Crippen molar-refractivity contribution in [2.45, 2.75) is 40.2 Å². The smallest absolute Gasteiger partial charge is 0.0107 e. The van der Waals surface area contributed by atoms with Gasteiger partial charge < -0.3 is 10.2 Å². The molecule has 0 fully saturated rings. The molecule has 2 heteroatoms. The first kappa shape index (κ1) is 12.9. The van der Waals surface area contributed by atoms with Crippen LogP contribution in [0.25, 0.3) is 0 Å². The third kappa shape index (κ3) is 6.05. The minimum absolute atomic E-state index is 0.684. The van der Waals surface area contributed by atoms with Crippen LogP contribution >= 0.6 is 0 Å². The highest BCUT2D eigenvalue weighted by atomic mass is 15.1. The molecule has 0 rings (SSSR count). The number of nitrogens with one attached hydrogen (secondary N) is 1. The number of rotatable bonds is 7. The Hall–Kier alpha value is -0.0800. The maximum atomic E-state index is 3.42. The SMILES string of the molecule is CCCNCCN(C)C(C)C(C)C. The first-order valence-corrected chi connectivity index (χ1v) is 5.50. The van der Waals surface area contributed by atoms with Gasteiger partial charge in [-0.2, -0.15) is 0 Å². The zero-order chi connectivity index (χ0) is 10.3. The van der Waals surface area contributed by atoms with Gasteiger partial charge in [-0.05, 0) is 32.9 Å². The molecule has 0 aromatic rings. The number of hydrogen-bond donors (Lipinski definition) is 1. The van der Waals surface area contributed by atoms with E-state index in [1.807, 2.05) is 0 Å². The summed E-state index contributed by atoms with van der Waals surface area (Å²) in [7, 11) is 2.21. The van der Waals surface area contributed by atoms with Gasteiger partial charge in [-0.3, -0.25) is 0 Å². The van der Waals surface area contributed by atoms with Gasteiger partial charge >= 0.3 is 0 Å². The molecule has 0 aliphatic heterocycles. The van der Waals surface area contributed by atoms with Crippen LogP contribution in [0.3, 0.4) is 0 Å². The molecule has 0 radical (unpaired) electrons. The van der Waals surface area contributed by atoms with Crippen LogP contribution in [0.2, 0.25) is 0 Å². The zero-order valence-corrected chi connectivity index (χ0v) is 9.93. The van der Waals surface area contributed by atoms with Crippen molar-refractivity contribution in [3.8, 4) is 0 Å². The van der Waals surface area contributed by atoms with Gasteiger partial charge in [0.2, 0.25) is 0 Å². The largest absolute Gasteiger partial charge is 0.315 e. The van der Waals surface area contributed by atoms with Crippen LogP contribution in [0.15, 0.2) is 0 Å². The monoisotopic (exact) mass is 186 g/mol. The molecular weight excluding hydrogens is 160 g/mol. The summed E-state index contributed by atoms with van der Waals surface area (Å²) in [6.45, 7) is 12.5. The van der Waals surface area contributed by atoms with E-state index < -0.39 is 0 Å². The van der Waals surface area contributed by atoms with Crippen molar-refractivity contribution in [2.75, 3.05) is 26.7 Å². The molecule has 1 unspecified atom stereocenters.